The van der Waals surface area contributed by atoms with E-state index in [2.05, 4.69) is 244 Å². The van der Waals surface area contributed by atoms with Crippen LogP contribution in [0.5, 0.6) is 0 Å². The molecule has 0 atom stereocenters. The van der Waals surface area contributed by atoms with Gasteiger partial charge in [-0.2, -0.15) is 0 Å². The van der Waals surface area contributed by atoms with Crippen molar-refractivity contribution in [2.45, 2.75) is 13.1 Å². The maximum Gasteiger partial charge on any atom is 0.159 e. The third-order valence-electron chi connectivity index (χ3n) is 12.6. The van der Waals surface area contributed by atoms with Crippen LogP contribution in [0.4, 0.5) is 0 Å². The van der Waals surface area contributed by atoms with Crippen molar-refractivity contribution in [2.24, 2.45) is 0 Å². The summed E-state index contributed by atoms with van der Waals surface area (Å²) in [5.74, 6) is 0.761. The second-order valence-corrected chi connectivity index (χ2v) is 21.3. The van der Waals surface area contributed by atoms with Gasteiger partial charge in [0.1, 0.15) is 8.07 Å². The summed E-state index contributed by atoms with van der Waals surface area (Å²) in [6.07, 6.45) is 0. The molecule has 2 nitrogen and oxygen atoms in total. The Morgan fingerprint density at radius 1 is 0.286 bits per heavy atom. The SMILES string of the molecule is C[Si]1(C)c2ccccc2-c2c(-c3cccc(-c4cccc(-c5cccc(-c6ccccc6)c5)c4)c3)nc(-c3cccc(-c4cccc(-c5cccc(-c6ccccc6)c5)c4)c3)nc21. The Bertz CT molecular complexity index is 3310. The first-order valence-corrected chi connectivity index (χ1v) is 24.7. The highest BCUT2D eigenvalue weighted by Crippen LogP contribution is 2.39. The zero-order valence-electron chi connectivity index (χ0n) is 35.3. The molecule has 0 saturated heterocycles. The number of nitrogens with zero attached hydrogens (tertiary/aromatic N) is 2. The lowest BCUT2D eigenvalue weighted by Gasteiger charge is -2.19. The molecule has 1 aromatic heterocycles. The minimum Gasteiger partial charge on any atom is -0.237 e. The molecular formula is C60H44N2Si. The molecule has 1 aliphatic rings. The van der Waals surface area contributed by atoms with Crippen LogP contribution in [0, 0.1) is 0 Å². The van der Waals surface area contributed by atoms with Crippen LogP contribution in [0.1, 0.15) is 0 Å². The molecule has 1 aliphatic heterocycles. The van der Waals surface area contributed by atoms with Crippen LogP contribution in [-0.2, 0) is 0 Å². The molecule has 10 aromatic rings. The van der Waals surface area contributed by atoms with E-state index in [0.717, 1.165) is 39.3 Å². The number of hydrogen-bond acceptors (Lipinski definition) is 2. The van der Waals surface area contributed by atoms with Crippen LogP contribution in [0.2, 0.25) is 13.1 Å². The fourth-order valence-corrected chi connectivity index (χ4v) is 12.3. The summed E-state index contributed by atoms with van der Waals surface area (Å²) in [5, 5.41) is 2.61. The number of hydrogen-bond donors (Lipinski definition) is 0. The normalized spacial score (nSPS) is 12.4. The maximum absolute atomic E-state index is 5.54. The first kappa shape index (κ1) is 38.2. The molecule has 0 aliphatic carbocycles. The Labute approximate surface area is 370 Å². The minimum absolute atomic E-state index is 0.761. The summed E-state index contributed by atoms with van der Waals surface area (Å²) in [6, 6.07) is 83.1. The minimum atomic E-state index is -2.16. The third kappa shape index (κ3) is 7.23. The van der Waals surface area contributed by atoms with Gasteiger partial charge in [0.2, 0.25) is 0 Å². The molecule has 0 bridgehead atoms. The zero-order chi connectivity index (χ0) is 42.3. The standard InChI is InChI=1S/C60H44N2Si/c1-63(2)56-34-10-9-33-55(56)57-58(53-31-15-29-51(39-53)49-27-13-25-47(37-49)45-23-11-21-43(35-45)41-17-5-3-6-18-41)61-59(62-60(57)63)54-32-16-30-52(40-54)50-28-14-26-48(38-50)46-24-12-22-44(36-46)42-19-7-4-8-20-42/h3-40H,1-2H3. The van der Waals surface area contributed by atoms with Gasteiger partial charge in [0, 0.05) is 22.0 Å². The summed E-state index contributed by atoms with van der Waals surface area (Å²) in [6.45, 7) is 4.86. The van der Waals surface area contributed by atoms with Gasteiger partial charge in [-0.3, -0.25) is 0 Å². The van der Waals surface area contributed by atoms with E-state index < -0.39 is 8.07 Å². The predicted octanol–water partition coefficient (Wildman–Crippen LogP) is 14.6. The van der Waals surface area contributed by atoms with Crippen molar-refractivity contribution < 1.29 is 0 Å². The highest BCUT2D eigenvalue weighted by molar-refractivity contribution is 7.03. The Balaban J connectivity index is 0.987. The molecule has 9 aromatic carbocycles. The van der Waals surface area contributed by atoms with Gasteiger partial charge >= 0.3 is 0 Å². The molecule has 0 spiro atoms. The number of rotatable bonds is 8. The monoisotopic (exact) mass is 820 g/mol. The summed E-state index contributed by atoms with van der Waals surface area (Å²) < 4.78 is 0. The van der Waals surface area contributed by atoms with E-state index in [1.807, 2.05) is 0 Å². The molecule has 298 valence electrons. The van der Waals surface area contributed by atoms with Gasteiger partial charge in [-0.25, -0.2) is 9.97 Å². The summed E-state index contributed by atoms with van der Waals surface area (Å²) in [7, 11) is -2.16. The van der Waals surface area contributed by atoms with Gasteiger partial charge in [-0.05, 0) is 114 Å². The van der Waals surface area contributed by atoms with Crippen LogP contribution in [0.15, 0.2) is 231 Å². The lowest BCUT2D eigenvalue weighted by atomic mass is 9.94. The van der Waals surface area contributed by atoms with E-state index in [1.54, 1.807) is 0 Å². The van der Waals surface area contributed by atoms with Crippen molar-refractivity contribution in [3.8, 4) is 101 Å². The van der Waals surface area contributed by atoms with E-state index in [-0.39, 0.29) is 0 Å². The second kappa shape index (κ2) is 16.0. The number of fused-ring (bicyclic) bond motifs is 3. The van der Waals surface area contributed by atoms with E-state index >= 15 is 0 Å². The molecule has 0 N–H and O–H groups in total. The largest absolute Gasteiger partial charge is 0.237 e. The highest BCUT2D eigenvalue weighted by Gasteiger charge is 2.41. The molecule has 2 heterocycles. The van der Waals surface area contributed by atoms with Crippen molar-refractivity contribution in [3.63, 3.8) is 0 Å². The van der Waals surface area contributed by atoms with E-state index in [9.17, 15) is 0 Å². The van der Waals surface area contributed by atoms with Crippen LogP contribution in [0.25, 0.3) is 101 Å². The summed E-state index contributed by atoms with van der Waals surface area (Å²) >= 11 is 0. The maximum atomic E-state index is 5.54. The predicted molar refractivity (Wildman–Crippen MR) is 268 cm³/mol. The Morgan fingerprint density at radius 2 is 0.603 bits per heavy atom. The van der Waals surface area contributed by atoms with Crippen LogP contribution in [0.3, 0.4) is 0 Å². The first-order valence-electron chi connectivity index (χ1n) is 21.7. The first-order chi connectivity index (χ1) is 31.0. The van der Waals surface area contributed by atoms with Crippen LogP contribution in [-0.4, -0.2) is 18.0 Å². The molecule has 3 heteroatoms. The third-order valence-corrected chi connectivity index (χ3v) is 16.0. The van der Waals surface area contributed by atoms with Crippen molar-refractivity contribution in [1.82, 2.24) is 9.97 Å². The van der Waals surface area contributed by atoms with Gasteiger partial charge in [-0.1, -0.05) is 207 Å². The molecule has 11 rings (SSSR count). The Morgan fingerprint density at radius 3 is 1.05 bits per heavy atom. The van der Waals surface area contributed by atoms with Crippen LogP contribution < -0.4 is 10.5 Å². The van der Waals surface area contributed by atoms with Crippen molar-refractivity contribution in [1.29, 1.82) is 0 Å². The van der Waals surface area contributed by atoms with E-state index in [4.69, 9.17) is 9.97 Å². The topological polar surface area (TPSA) is 25.8 Å². The molecular weight excluding hydrogens is 777 g/mol. The van der Waals surface area contributed by atoms with Crippen LogP contribution >= 0.6 is 0 Å². The van der Waals surface area contributed by atoms with Crippen molar-refractivity contribution in [3.05, 3.63) is 231 Å². The average molecular weight is 821 g/mol. The second-order valence-electron chi connectivity index (χ2n) is 17.0. The molecule has 0 saturated carbocycles. The molecule has 0 fully saturated rings. The quantitative estimate of drug-likeness (QED) is 0.143. The smallest absolute Gasteiger partial charge is 0.159 e. The van der Waals surface area contributed by atoms with Gasteiger partial charge in [-0.15, -0.1) is 0 Å². The molecule has 0 amide bonds. The molecule has 63 heavy (non-hydrogen) atoms. The van der Waals surface area contributed by atoms with Crippen molar-refractivity contribution >= 4 is 18.6 Å². The fourth-order valence-electron chi connectivity index (χ4n) is 9.34. The fraction of sp³-hybridized carbons (Fsp3) is 0.0333. The lowest BCUT2D eigenvalue weighted by molar-refractivity contribution is 1.21. The Kier molecular flexibility index (Phi) is 9.68. The molecule has 0 radical (unpaired) electrons. The highest BCUT2D eigenvalue weighted by atomic mass is 28.3. The van der Waals surface area contributed by atoms with Crippen molar-refractivity contribution in [2.75, 3.05) is 0 Å². The number of benzene rings is 9. The molecule has 0 unspecified atom stereocenters. The lowest BCUT2D eigenvalue weighted by Crippen LogP contribution is -2.50. The van der Waals surface area contributed by atoms with E-state index in [0.29, 0.717) is 0 Å². The average Bonchev–Trinajstić information content (AvgIpc) is 3.60. The van der Waals surface area contributed by atoms with Gasteiger partial charge in [0.25, 0.3) is 0 Å². The zero-order valence-corrected chi connectivity index (χ0v) is 36.3. The number of aromatic nitrogens is 2. The summed E-state index contributed by atoms with van der Waals surface area (Å²) in [5.41, 5.74) is 19.8. The summed E-state index contributed by atoms with van der Waals surface area (Å²) in [4.78, 5) is 11.1. The van der Waals surface area contributed by atoms with Gasteiger partial charge < -0.3 is 0 Å². The van der Waals surface area contributed by atoms with Gasteiger partial charge in [0.05, 0.1) is 5.69 Å². The Hall–Kier alpha value is -7.72. The van der Waals surface area contributed by atoms with Gasteiger partial charge in [0.15, 0.2) is 5.82 Å². The van der Waals surface area contributed by atoms with E-state index in [1.165, 1.54) is 71.7 Å².